The Labute approximate surface area is 148 Å². The molecule has 0 radical (unpaired) electrons. The molecule has 1 atom stereocenters. The molecule has 0 bridgehead atoms. The van der Waals surface area contributed by atoms with Crippen molar-refractivity contribution in [2.45, 2.75) is 30.9 Å². The predicted octanol–water partition coefficient (Wildman–Crippen LogP) is 1.76. The van der Waals surface area contributed by atoms with E-state index in [0.29, 0.717) is 6.04 Å². The van der Waals surface area contributed by atoms with Crippen LogP contribution in [0.5, 0.6) is 0 Å². The summed E-state index contributed by atoms with van der Waals surface area (Å²) in [5, 5.41) is 3.92. The van der Waals surface area contributed by atoms with Crippen LogP contribution in [-0.4, -0.2) is 85.2 Å². The molecule has 3 fully saturated rings. The maximum atomic E-state index is 12.5. The minimum absolute atomic E-state index is 0.0133. The van der Waals surface area contributed by atoms with Crippen molar-refractivity contribution < 1.29 is 9.53 Å². The molecule has 132 valence electrons. The van der Waals surface area contributed by atoms with Crippen molar-refractivity contribution in [2.24, 2.45) is 0 Å². The molecule has 4 rings (SSSR count). The van der Waals surface area contributed by atoms with Gasteiger partial charge in [0.05, 0.1) is 17.8 Å². The summed E-state index contributed by atoms with van der Waals surface area (Å²) < 4.78 is 6.30. The molecule has 1 amide bonds. The number of thiophene rings is 1. The summed E-state index contributed by atoms with van der Waals surface area (Å²) >= 11 is 1.59. The zero-order valence-corrected chi connectivity index (χ0v) is 15.3. The molecule has 0 N–H and O–H groups in total. The third-order valence-corrected chi connectivity index (χ3v) is 6.66. The Hall–Kier alpha value is -0.950. The first-order valence-corrected chi connectivity index (χ1v) is 9.98. The van der Waals surface area contributed by atoms with Gasteiger partial charge in [0.1, 0.15) is 0 Å². The quantitative estimate of drug-likeness (QED) is 0.815. The number of piperidine rings is 1. The molecule has 0 saturated carbocycles. The first-order valence-electron chi connectivity index (χ1n) is 9.03. The molecule has 1 aromatic rings. The van der Waals surface area contributed by atoms with Crippen LogP contribution in [0.15, 0.2) is 16.8 Å². The summed E-state index contributed by atoms with van der Waals surface area (Å²) in [4.78, 5) is 19.5. The number of piperazine rings is 1. The van der Waals surface area contributed by atoms with Gasteiger partial charge in [-0.2, -0.15) is 11.3 Å². The van der Waals surface area contributed by atoms with Gasteiger partial charge in [-0.05, 0) is 37.8 Å². The van der Waals surface area contributed by atoms with Crippen LogP contribution in [0.1, 0.15) is 29.6 Å². The Balaban J connectivity index is 1.32. The highest BCUT2D eigenvalue weighted by Gasteiger charge is 2.45. The molecule has 0 aromatic carbocycles. The zero-order valence-electron chi connectivity index (χ0n) is 14.4. The number of ether oxygens (including phenoxy) is 1. The summed E-state index contributed by atoms with van der Waals surface area (Å²) in [6.45, 7) is 7.14. The molecule has 4 heterocycles. The van der Waals surface area contributed by atoms with Gasteiger partial charge in [-0.1, -0.05) is 0 Å². The molecule has 3 aliphatic heterocycles. The number of amides is 1. The average Bonchev–Trinajstić information content (AvgIpc) is 3.26. The lowest BCUT2D eigenvalue weighted by Crippen LogP contribution is -2.50. The van der Waals surface area contributed by atoms with E-state index in [2.05, 4.69) is 16.8 Å². The van der Waals surface area contributed by atoms with Gasteiger partial charge in [0.2, 0.25) is 0 Å². The third kappa shape index (κ3) is 3.25. The Bertz CT molecular complexity index is 561. The summed E-state index contributed by atoms with van der Waals surface area (Å²) in [6.07, 6.45) is 3.09. The summed E-state index contributed by atoms with van der Waals surface area (Å²) in [7, 11) is 2.20. The third-order valence-electron chi connectivity index (χ3n) is 5.97. The first kappa shape index (κ1) is 16.5. The number of hydrogen-bond acceptors (Lipinski definition) is 5. The second-order valence-corrected chi connectivity index (χ2v) is 8.28. The van der Waals surface area contributed by atoms with E-state index in [1.54, 1.807) is 11.3 Å². The van der Waals surface area contributed by atoms with Crippen molar-refractivity contribution in [2.75, 3.05) is 52.9 Å². The Morgan fingerprint density at radius 2 is 1.96 bits per heavy atom. The van der Waals surface area contributed by atoms with Crippen LogP contribution in [0, 0.1) is 0 Å². The van der Waals surface area contributed by atoms with Crippen LogP contribution >= 0.6 is 11.3 Å². The topological polar surface area (TPSA) is 36.0 Å². The summed E-state index contributed by atoms with van der Waals surface area (Å²) in [5.74, 6) is 0.180. The summed E-state index contributed by atoms with van der Waals surface area (Å²) in [5.41, 5.74) is 0.845. The van der Waals surface area contributed by atoms with Gasteiger partial charge < -0.3 is 14.5 Å². The van der Waals surface area contributed by atoms with E-state index in [0.717, 1.165) is 70.7 Å². The van der Waals surface area contributed by atoms with E-state index in [9.17, 15) is 4.79 Å². The highest BCUT2D eigenvalue weighted by atomic mass is 32.1. The minimum atomic E-state index is 0.0133. The molecule has 6 heteroatoms. The molecular formula is C18H27N3O2S. The zero-order chi connectivity index (χ0) is 16.6. The van der Waals surface area contributed by atoms with E-state index in [1.165, 1.54) is 0 Å². The van der Waals surface area contributed by atoms with Crippen LogP contribution in [0.3, 0.4) is 0 Å². The van der Waals surface area contributed by atoms with Gasteiger partial charge in [0.15, 0.2) is 0 Å². The highest BCUT2D eigenvalue weighted by molar-refractivity contribution is 7.08. The SMILES string of the molecule is CN1CCN(C2COC3(CCN(C(=O)c4ccsc4)CC3)C2)CC1. The second-order valence-electron chi connectivity index (χ2n) is 7.50. The normalized spacial score (nSPS) is 28.5. The van der Waals surface area contributed by atoms with Crippen molar-refractivity contribution in [3.05, 3.63) is 22.4 Å². The van der Waals surface area contributed by atoms with E-state index >= 15 is 0 Å². The Morgan fingerprint density at radius 3 is 2.62 bits per heavy atom. The first-order chi connectivity index (χ1) is 11.7. The summed E-state index contributed by atoms with van der Waals surface area (Å²) in [6, 6.07) is 2.49. The van der Waals surface area contributed by atoms with Gasteiger partial charge in [0, 0.05) is 50.7 Å². The fourth-order valence-electron chi connectivity index (χ4n) is 4.28. The number of carbonyl (C=O) groups excluding carboxylic acids is 1. The fourth-order valence-corrected chi connectivity index (χ4v) is 4.91. The van der Waals surface area contributed by atoms with Gasteiger partial charge >= 0.3 is 0 Å². The number of nitrogens with zero attached hydrogens (tertiary/aromatic N) is 3. The molecule has 1 aromatic heterocycles. The van der Waals surface area contributed by atoms with Crippen LogP contribution in [0.25, 0.3) is 0 Å². The van der Waals surface area contributed by atoms with E-state index in [1.807, 2.05) is 21.7 Å². The second kappa shape index (κ2) is 6.75. The molecular weight excluding hydrogens is 322 g/mol. The van der Waals surface area contributed by atoms with Gasteiger partial charge in [-0.3, -0.25) is 9.69 Å². The van der Waals surface area contributed by atoms with E-state index in [4.69, 9.17) is 4.74 Å². The number of hydrogen-bond donors (Lipinski definition) is 0. The van der Waals surface area contributed by atoms with Gasteiger partial charge in [-0.25, -0.2) is 0 Å². The smallest absolute Gasteiger partial charge is 0.254 e. The average molecular weight is 350 g/mol. The lowest BCUT2D eigenvalue weighted by atomic mass is 9.86. The molecule has 24 heavy (non-hydrogen) atoms. The number of likely N-dealkylation sites (tertiary alicyclic amines) is 1. The van der Waals surface area contributed by atoms with Crippen LogP contribution < -0.4 is 0 Å². The molecule has 5 nitrogen and oxygen atoms in total. The van der Waals surface area contributed by atoms with Crippen LogP contribution in [0.2, 0.25) is 0 Å². The lowest BCUT2D eigenvalue weighted by molar-refractivity contribution is -0.0395. The standard InChI is InChI=1S/C18H27N3O2S/c1-19-7-9-20(10-8-19)16-12-18(23-13-16)3-5-21(6-4-18)17(22)15-2-11-24-14-15/h2,11,14,16H,3-10,12-13H2,1H3. The van der Waals surface area contributed by atoms with Crippen molar-refractivity contribution in [3.8, 4) is 0 Å². The number of carbonyl (C=O) groups is 1. The molecule has 3 saturated heterocycles. The molecule has 1 spiro atoms. The van der Waals surface area contributed by atoms with Crippen molar-refractivity contribution in [3.63, 3.8) is 0 Å². The monoisotopic (exact) mass is 349 g/mol. The van der Waals surface area contributed by atoms with E-state index < -0.39 is 0 Å². The van der Waals surface area contributed by atoms with Crippen molar-refractivity contribution >= 4 is 17.2 Å². The van der Waals surface area contributed by atoms with Crippen LogP contribution in [-0.2, 0) is 4.74 Å². The molecule has 3 aliphatic rings. The Kier molecular flexibility index (Phi) is 4.64. The number of likely N-dealkylation sites (N-methyl/N-ethyl adjacent to an activating group) is 1. The lowest BCUT2D eigenvalue weighted by Gasteiger charge is -2.40. The highest BCUT2D eigenvalue weighted by Crippen LogP contribution is 2.38. The van der Waals surface area contributed by atoms with Gasteiger partial charge in [-0.15, -0.1) is 0 Å². The molecule has 0 aliphatic carbocycles. The Morgan fingerprint density at radius 1 is 1.21 bits per heavy atom. The van der Waals surface area contributed by atoms with Crippen molar-refractivity contribution in [1.82, 2.24) is 14.7 Å². The van der Waals surface area contributed by atoms with Crippen LogP contribution in [0.4, 0.5) is 0 Å². The largest absolute Gasteiger partial charge is 0.373 e. The fraction of sp³-hybridized carbons (Fsp3) is 0.722. The predicted molar refractivity (Wildman–Crippen MR) is 95.6 cm³/mol. The van der Waals surface area contributed by atoms with E-state index in [-0.39, 0.29) is 11.5 Å². The molecule has 1 unspecified atom stereocenters. The minimum Gasteiger partial charge on any atom is -0.373 e. The maximum absolute atomic E-state index is 12.5. The van der Waals surface area contributed by atoms with Gasteiger partial charge in [0.25, 0.3) is 5.91 Å². The number of rotatable bonds is 2. The maximum Gasteiger partial charge on any atom is 0.254 e. The van der Waals surface area contributed by atoms with Crippen molar-refractivity contribution in [1.29, 1.82) is 0 Å².